The molecule has 0 spiro atoms. The van der Waals surface area contributed by atoms with Crippen LogP contribution < -0.4 is 5.90 Å². The van der Waals surface area contributed by atoms with Crippen molar-refractivity contribution in [1.82, 2.24) is 10.1 Å². The van der Waals surface area contributed by atoms with Crippen LogP contribution in [0.15, 0.2) is 4.52 Å². The Bertz CT molecular complexity index is 283. The SMILES string of the molecule is NOCc1nc(C2CCOCC2)no1. The van der Waals surface area contributed by atoms with Crippen LogP contribution in [0.1, 0.15) is 30.5 Å². The molecule has 78 valence electrons. The Morgan fingerprint density at radius 1 is 1.43 bits per heavy atom. The molecule has 1 aromatic rings. The van der Waals surface area contributed by atoms with Gasteiger partial charge in [-0.25, -0.2) is 5.90 Å². The Morgan fingerprint density at radius 2 is 2.21 bits per heavy atom. The van der Waals surface area contributed by atoms with E-state index >= 15 is 0 Å². The van der Waals surface area contributed by atoms with E-state index in [0.29, 0.717) is 11.8 Å². The van der Waals surface area contributed by atoms with Gasteiger partial charge in [-0.15, -0.1) is 0 Å². The van der Waals surface area contributed by atoms with E-state index in [2.05, 4.69) is 15.0 Å². The van der Waals surface area contributed by atoms with Crippen LogP contribution in [-0.4, -0.2) is 23.4 Å². The van der Waals surface area contributed by atoms with Crippen molar-refractivity contribution < 1.29 is 14.1 Å². The molecule has 0 amide bonds. The molecule has 0 unspecified atom stereocenters. The molecule has 0 radical (unpaired) electrons. The van der Waals surface area contributed by atoms with Crippen LogP contribution in [-0.2, 0) is 16.2 Å². The van der Waals surface area contributed by atoms with Crippen LogP contribution in [0.2, 0.25) is 0 Å². The lowest BCUT2D eigenvalue weighted by Crippen LogP contribution is -2.15. The normalized spacial score (nSPS) is 18.6. The first-order valence-corrected chi connectivity index (χ1v) is 4.62. The fraction of sp³-hybridized carbons (Fsp3) is 0.750. The number of nitrogens with two attached hydrogens (primary N) is 1. The summed E-state index contributed by atoms with van der Waals surface area (Å²) >= 11 is 0. The topological polar surface area (TPSA) is 83.4 Å². The van der Waals surface area contributed by atoms with Gasteiger partial charge in [0.05, 0.1) is 0 Å². The van der Waals surface area contributed by atoms with E-state index < -0.39 is 0 Å². The van der Waals surface area contributed by atoms with Crippen molar-refractivity contribution in [3.63, 3.8) is 0 Å². The largest absolute Gasteiger partial charge is 0.381 e. The first-order chi connectivity index (χ1) is 6.90. The minimum absolute atomic E-state index is 0.163. The molecular weight excluding hydrogens is 186 g/mol. The molecule has 14 heavy (non-hydrogen) atoms. The molecule has 1 aliphatic heterocycles. The smallest absolute Gasteiger partial charge is 0.254 e. The highest BCUT2D eigenvalue weighted by atomic mass is 16.6. The summed E-state index contributed by atoms with van der Waals surface area (Å²) in [7, 11) is 0. The van der Waals surface area contributed by atoms with Crippen LogP contribution in [0.3, 0.4) is 0 Å². The number of ether oxygens (including phenoxy) is 1. The van der Waals surface area contributed by atoms with E-state index in [1.807, 2.05) is 0 Å². The summed E-state index contributed by atoms with van der Waals surface area (Å²) in [6.45, 7) is 1.69. The molecule has 2 heterocycles. The summed E-state index contributed by atoms with van der Waals surface area (Å²) < 4.78 is 10.2. The van der Waals surface area contributed by atoms with Gasteiger partial charge in [0.15, 0.2) is 5.82 Å². The molecule has 2 rings (SSSR count). The maximum atomic E-state index is 5.24. The van der Waals surface area contributed by atoms with E-state index in [0.717, 1.165) is 31.9 Å². The van der Waals surface area contributed by atoms with E-state index in [9.17, 15) is 0 Å². The van der Waals surface area contributed by atoms with Gasteiger partial charge in [0, 0.05) is 19.1 Å². The minimum Gasteiger partial charge on any atom is -0.381 e. The lowest BCUT2D eigenvalue weighted by molar-refractivity contribution is 0.0830. The highest BCUT2D eigenvalue weighted by Gasteiger charge is 2.21. The summed E-state index contributed by atoms with van der Waals surface area (Å²) in [6.07, 6.45) is 1.89. The second kappa shape index (κ2) is 4.50. The number of hydrogen-bond donors (Lipinski definition) is 1. The molecule has 1 aliphatic rings. The van der Waals surface area contributed by atoms with E-state index in [1.165, 1.54) is 0 Å². The molecule has 0 aromatic carbocycles. The first-order valence-electron chi connectivity index (χ1n) is 4.62. The van der Waals surface area contributed by atoms with Gasteiger partial charge in [-0.3, -0.25) is 4.84 Å². The first kappa shape index (κ1) is 9.57. The molecule has 0 bridgehead atoms. The lowest BCUT2D eigenvalue weighted by Gasteiger charge is -2.18. The molecular formula is C8H13N3O3. The third-order valence-electron chi connectivity index (χ3n) is 2.28. The van der Waals surface area contributed by atoms with Gasteiger partial charge in [0.1, 0.15) is 6.61 Å². The van der Waals surface area contributed by atoms with Gasteiger partial charge in [-0.2, -0.15) is 4.98 Å². The van der Waals surface area contributed by atoms with Crippen molar-refractivity contribution in [3.05, 3.63) is 11.7 Å². The molecule has 2 N–H and O–H groups in total. The van der Waals surface area contributed by atoms with Crippen LogP contribution in [0.25, 0.3) is 0 Å². The number of rotatable bonds is 3. The van der Waals surface area contributed by atoms with Crippen molar-refractivity contribution in [2.45, 2.75) is 25.4 Å². The van der Waals surface area contributed by atoms with Gasteiger partial charge in [-0.05, 0) is 12.8 Å². The molecule has 0 saturated carbocycles. The zero-order valence-corrected chi connectivity index (χ0v) is 7.81. The summed E-state index contributed by atoms with van der Waals surface area (Å²) in [5.41, 5.74) is 0. The number of nitrogens with zero attached hydrogens (tertiary/aromatic N) is 2. The van der Waals surface area contributed by atoms with E-state index in [-0.39, 0.29) is 6.61 Å². The second-order valence-electron chi connectivity index (χ2n) is 3.24. The van der Waals surface area contributed by atoms with Crippen molar-refractivity contribution in [2.24, 2.45) is 5.90 Å². The van der Waals surface area contributed by atoms with E-state index in [4.69, 9.17) is 15.2 Å². The summed E-state index contributed by atoms with van der Waals surface area (Å²) in [6, 6.07) is 0. The minimum atomic E-state index is 0.163. The van der Waals surface area contributed by atoms with Crippen LogP contribution >= 0.6 is 0 Å². The molecule has 0 aliphatic carbocycles. The van der Waals surface area contributed by atoms with Gasteiger partial charge >= 0.3 is 0 Å². The Hall–Kier alpha value is -0.980. The second-order valence-corrected chi connectivity index (χ2v) is 3.24. The van der Waals surface area contributed by atoms with Crippen LogP contribution in [0.4, 0.5) is 0 Å². The van der Waals surface area contributed by atoms with Crippen molar-refractivity contribution in [1.29, 1.82) is 0 Å². The third kappa shape index (κ3) is 2.09. The molecule has 1 fully saturated rings. The van der Waals surface area contributed by atoms with Crippen molar-refractivity contribution in [2.75, 3.05) is 13.2 Å². The van der Waals surface area contributed by atoms with Crippen LogP contribution in [0, 0.1) is 0 Å². The maximum Gasteiger partial charge on any atom is 0.254 e. The fourth-order valence-corrected chi connectivity index (χ4v) is 1.52. The third-order valence-corrected chi connectivity index (χ3v) is 2.28. The Balaban J connectivity index is 2.00. The number of aromatic nitrogens is 2. The molecule has 1 saturated heterocycles. The zero-order valence-electron chi connectivity index (χ0n) is 7.81. The van der Waals surface area contributed by atoms with Gasteiger partial charge < -0.3 is 9.26 Å². The Kier molecular flexibility index (Phi) is 3.07. The predicted molar refractivity (Wildman–Crippen MR) is 46.1 cm³/mol. The fourth-order valence-electron chi connectivity index (χ4n) is 1.52. The quantitative estimate of drug-likeness (QED) is 0.707. The molecule has 6 nitrogen and oxygen atoms in total. The highest BCUT2D eigenvalue weighted by Crippen LogP contribution is 2.24. The Morgan fingerprint density at radius 3 is 2.93 bits per heavy atom. The van der Waals surface area contributed by atoms with Crippen LogP contribution in [0.5, 0.6) is 0 Å². The van der Waals surface area contributed by atoms with Gasteiger partial charge in [-0.1, -0.05) is 5.16 Å². The average molecular weight is 199 g/mol. The van der Waals surface area contributed by atoms with Gasteiger partial charge in [0.25, 0.3) is 5.89 Å². The van der Waals surface area contributed by atoms with Crippen molar-refractivity contribution >= 4 is 0 Å². The van der Waals surface area contributed by atoms with Gasteiger partial charge in [0.2, 0.25) is 0 Å². The summed E-state index contributed by atoms with van der Waals surface area (Å²) in [5.74, 6) is 6.41. The summed E-state index contributed by atoms with van der Waals surface area (Å²) in [5, 5.41) is 3.88. The van der Waals surface area contributed by atoms with E-state index in [1.54, 1.807) is 0 Å². The summed E-state index contributed by atoms with van der Waals surface area (Å²) in [4.78, 5) is 8.59. The highest BCUT2D eigenvalue weighted by molar-refractivity contribution is 4.95. The lowest BCUT2D eigenvalue weighted by atomic mass is 10.00. The zero-order chi connectivity index (χ0) is 9.80. The monoisotopic (exact) mass is 199 g/mol. The predicted octanol–water partition coefficient (Wildman–Crippen LogP) is 0.354. The maximum absolute atomic E-state index is 5.24. The molecule has 6 heteroatoms. The standard InChI is InChI=1S/C8H13N3O3/c9-13-5-7-10-8(11-14-7)6-1-3-12-4-2-6/h6H,1-5,9H2. The molecule has 1 aromatic heterocycles. The molecule has 0 atom stereocenters. The Labute approximate surface area is 81.3 Å². The van der Waals surface area contributed by atoms with Crippen molar-refractivity contribution in [3.8, 4) is 0 Å². The number of hydrogen-bond acceptors (Lipinski definition) is 6. The average Bonchev–Trinajstić information content (AvgIpc) is 2.68.